The van der Waals surface area contributed by atoms with E-state index in [0.29, 0.717) is 5.82 Å². The van der Waals surface area contributed by atoms with E-state index in [2.05, 4.69) is 190 Å². The van der Waals surface area contributed by atoms with Crippen LogP contribution >= 0.6 is 0 Å². The van der Waals surface area contributed by atoms with Crippen LogP contribution in [0.25, 0.3) is 99.6 Å². The minimum Gasteiger partial charge on any atom is -0.228 e. The summed E-state index contributed by atoms with van der Waals surface area (Å²) >= 11 is 0. The monoisotopic (exact) mass is 726 g/mol. The van der Waals surface area contributed by atoms with Gasteiger partial charge >= 0.3 is 0 Å². The molecule has 0 N–H and O–H groups in total. The summed E-state index contributed by atoms with van der Waals surface area (Å²) in [6.07, 6.45) is 0. The van der Waals surface area contributed by atoms with Gasteiger partial charge < -0.3 is 0 Å². The van der Waals surface area contributed by atoms with Crippen LogP contribution in [0.4, 0.5) is 0 Å². The first-order valence-electron chi connectivity index (χ1n) is 19.7. The molecule has 0 saturated heterocycles. The highest BCUT2D eigenvalue weighted by atomic mass is 14.9. The van der Waals surface area contributed by atoms with Gasteiger partial charge in [0.15, 0.2) is 5.82 Å². The Kier molecular flexibility index (Phi) is 7.55. The fourth-order valence-electron chi connectivity index (χ4n) is 9.33. The van der Waals surface area contributed by atoms with Crippen molar-refractivity contribution >= 4 is 32.3 Å². The van der Waals surface area contributed by atoms with E-state index in [4.69, 9.17) is 9.97 Å². The van der Waals surface area contributed by atoms with Crippen LogP contribution < -0.4 is 0 Å². The van der Waals surface area contributed by atoms with E-state index in [1.165, 1.54) is 71.3 Å². The minimum absolute atomic E-state index is 0.0893. The van der Waals surface area contributed by atoms with Crippen LogP contribution in [0.5, 0.6) is 0 Å². The lowest BCUT2D eigenvalue weighted by Crippen LogP contribution is -2.16. The second kappa shape index (κ2) is 13.0. The van der Waals surface area contributed by atoms with Crippen LogP contribution in [0.2, 0.25) is 0 Å². The third-order valence-corrected chi connectivity index (χ3v) is 12.0. The molecule has 0 saturated carbocycles. The number of aromatic nitrogens is 2. The summed E-state index contributed by atoms with van der Waals surface area (Å²) < 4.78 is 0. The summed E-state index contributed by atoms with van der Waals surface area (Å²) in [6, 6.07) is 70.2. The predicted octanol–water partition coefficient (Wildman–Crippen LogP) is 14.6. The fourth-order valence-corrected chi connectivity index (χ4v) is 9.33. The second-order valence-electron chi connectivity index (χ2n) is 15.7. The zero-order valence-electron chi connectivity index (χ0n) is 31.9. The molecule has 10 aromatic rings. The molecular formula is C55H38N2. The lowest BCUT2D eigenvalue weighted by Gasteiger charge is -2.24. The van der Waals surface area contributed by atoms with Gasteiger partial charge in [-0.1, -0.05) is 190 Å². The molecule has 1 aliphatic rings. The number of rotatable bonds is 5. The average Bonchev–Trinajstić information content (AvgIpc) is 3.51. The molecule has 0 unspecified atom stereocenters. The number of nitrogens with zero attached hydrogens (tertiary/aromatic N) is 2. The first-order chi connectivity index (χ1) is 28.0. The van der Waals surface area contributed by atoms with E-state index in [-0.39, 0.29) is 5.41 Å². The van der Waals surface area contributed by atoms with E-state index in [1.54, 1.807) is 0 Å². The Hall–Kier alpha value is -7.16. The molecule has 2 nitrogen and oxygen atoms in total. The standard InChI is InChI=1S/C55H38N2/c1-55(2)49-25-11-10-22-45(49)47-24-13-23-44(53(47)55)36-26-28-37(29-27-36)50-34-51(57-54(56-50)38-15-4-3-5-16-38)40-18-12-19-41(32-40)52-43-21-9-7-17-39(43)33-48-42-20-8-6-14-35(42)30-31-46(48)52/h3-34H,1-2H3. The topological polar surface area (TPSA) is 25.8 Å². The van der Waals surface area contributed by atoms with Crippen molar-refractivity contribution in [3.63, 3.8) is 0 Å². The number of fused-ring (bicyclic) bond motifs is 7. The lowest BCUT2D eigenvalue weighted by molar-refractivity contribution is 0.662. The Labute approximate surface area is 332 Å². The zero-order valence-corrected chi connectivity index (χ0v) is 31.9. The molecule has 0 bridgehead atoms. The molecule has 0 spiro atoms. The molecule has 0 atom stereocenters. The molecular weight excluding hydrogens is 689 g/mol. The normalized spacial score (nSPS) is 12.9. The van der Waals surface area contributed by atoms with E-state index in [9.17, 15) is 0 Å². The molecule has 2 heteroatoms. The van der Waals surface area contributed by atoms with Gasteiger partial charge in [0.05, 0.1) is 11.4 Å². The second-order valence-corrected chi connectivity index (χ2v) is 15.7. The predicted molar refractivity (Wildman–Crippen MR) is 239 cm³/mol. The lowest BCUT2D eigenvalue weighted by atomic mass is 9.79. The molecule has 1 heterocycles. The van der Waals surface area contributed by atoms with Crippen molar-refractivity contribution in [2.45, 2.75) is 19.3 Å². The van der Waals surface area contributed by atoms with Gasteiger partial charge in [0.25, 0.3) is 0 Å². The summed E-state index contributed by atoms with van der Waals surface area (Å²) in [5.41, 5.74) is 15.1. The molecule has 268 valence electrons. The van der Waals surface area contributed by atoms with Crippen molar-refractivity contribution in [3.8, 4) is 67.3 Å². The first kappa shape index (κ1) is 33.2. The van der Waals surface area contributed by atoms with Gasteiger partial charge in [0.1, 0.15) is 0 Å². The highest BCUT2D eigenvalue weighted by Crippen LogP contribution is 2.52. The number of benzene rings is 9. The molecule has 9 aromatic carbocycles. The molecule has 1 aliphatic carbocycles. The largest absolute Gasteiger partial charge is 0.228 e. The molecule has 0 fully saturated rings. The fraction of sp³-hybridized carbons (Fsp3) is 0.0545. The van der Waals surface area contributed by atoms with E-state index < -0.39 is 0 Å². The van der Waals surface area contributed by atoms with Crippen LogP contribution in [0.15, 0.2) is 194 Å². The van der Waals surface area contributed by atoms with Gasteiger partial charge in [-0.25, -0.2) is 9.97 Å². The molecule has 0 amide bonds. The maximum Gasteiger partial charge on any atom is 0.160 e. The van der Waals surface area contributed by atoms with Gasteiger partial charge in [0, 0.05) is 22.1 Å². The van der Waals surface area contributed by atoms with Crippen molar-refractivity contribution < 1.29 is 0 Å². The molecule has 0 radical (unpaired) electrons. The average molecular weight is 727 g/mol. The highest BCUT2D eigenvalue weighted by molar-refractivity contribution is 6.20. The highest BCUT2D eigenvalue weighted by Gasteiger charge is 2.37. The zero-order chi connectivity index (χ0) is 38.1. The van der Waals surface area contributed by atoms with Crippen molar-refractivity contribution in [2.24, 2.45) is 0 Å². The van der Waals surface area contributed by atoms with Crippen molar-refractivity contribution in [1.29, 1.82) is 0 Å². The van der Waals surface area contributed by atoms with Crippen molar-refractivity contribution in [1.82, 2.24) is 9.97 Å². The van der Waals surface area contributed by atoms with Crippen LogP contribution in [-0.2, 0) is 5.41 Å². The number of hydrogen-bond donors (Lipinski definition) is 0. The van der Waals surface area contributed by atoms with Crippen molar-refractivity contribution in [2.75, 3.05) is 0 Å². The first-order valence-corrected chi connectivity index (χ1v) is 19.7. The van der Waals surface area contributed by atoms with Gasteiger partial charge in [-0.15, -0.1) is 0 Å². The molecule has 57 heavy (non-hydrogen) atoms. The summed E-state index contributed by atoms with van der Waals surface area (Å²) in [7, 11) is 0. The Morgan fingerprint density at radius 1 is 0.351 bits per heavy atom. The molecule has 0 aliphatic heterocycles. The molecule has 1 aromatic heterocycles. The molecule has 11 rings (SSSR count). The van der Waals surface area contributed by atoms with Gasteiger partial charge in [-0.2, -0.15) is 0 Å². The van der Waals surface area contributed by atoms with Crippen LogP contribution in [0.3, 0.4) is 0 Å². The third-order valence-electron chi connectivity index (χ3n) is 12.0. The van der Waals surface area contributed by atoms with Crippen LogP contribution in [-0.4, -0.2) is 9.97 Å². The Morgan fingerprint density at radius 3 is 1.81 bits per heavy atom. The summed E-state index contributed by atoms with van der Waals surface area (Å²) in [4.78, 5) is 10.4. The van der Waals surface area contributed by atoms with Crippen LogP contribution in [0.1, 0.15) is 25.0 Å². The van der Waals surface area contributed by atoms with Gasteiger partial charge in [-0.3, -0.25) is 0 Å². The van der Waals surface area contributed by atoms with E-state index in [1.807, 2.05) is 18.2 Å². The summed E-state index contributed by atoms with van der Waals surface area (Å²) in [6.45, 7) is 4.70. The van der Waals surface area contributed by atoms with E-state index in [0.717, 1.165) is 33.6 Å². The van der Waals surface area contributed by atoms with Crippen LogP contribution in [0, 0.1) is 0 Å². The summed E-state index contributed by atoms with van der Waals surface area (Å²) in [5.74, 6) is 0.708. The number of hydrogen-bond acceptors (Lipinski definition) is 2. The van der Waals surface area contributed by atoms with Gasteiger partial charge in [0.2, 0.25) is 0 Å². The SMILES string of the molecule is CC1(C)c2ccccc2-c2cccc(-c3ccc(-c4cc(-c5cccc(-c6c7ccccc7cc7c6ccc6ccccc67)c5)nc(-c5ccccc5)n4)cc3)c21. The Morgan fingerprint density at radius 2 is 0.965 bits per heavy atom. The third kappa shape index (κ3) is 5.40. The smallest absolute Gasteiger partial charge is 0.160 e. The maximum atomic E-state index is 5.23. The van der Waals surface area contributed by atoms with Gasteiger partial charge in [-0.05, 0) is 95.0 Å². The Balaban J connectivity index is 1.04. The maximum absolute atomic E-state index is 5.23. The summed E-state index contributed by atoms with van der Waals surface area (Å²) in [5, 5.41) is 7.49. The quantitative estimate of drug-likeness (QED) is 0.130. The minimum atomic E-state index is -0.0893. The van der Waals surface area contributed by atoms with E-state index >= 15 is 0 Å². The Bertz CT molecular complexity index is 3190. The van der Waals surface area contributed by atoms with Crippen molar-refractivity contribution in [3.05, 3.63) is 205 Å².